The quantitative estimate of drug-likeness (QED) is 0.778. The second kappa shape index (κ2) is 5.81. The lowest BCUT2D eigenvalue weighted by Crippen LogP contribution is -2.29. The summed E-state index contributed by atoms with van der Waals surface area (Å²) < 4.78 is 0. The van der Waals surface area contributed by atoms with E-state index in [1.54, 1.807) is 24.3 Å². The summed E-state index contributed by atoms with van der Waals surface area (Å²) in [7, 11) is 0. The number of H-pyrrole nitrogens is 1. The topological polar surface area (TPSA) is 74.8 Å². The first-order valence-electron chi connectivity index (χ1n) is 7.00. The molecule has 1 heterocycles. The number of carbonyl (C=O) groups is 1. The minimum Gasteiger partial charge on any atom is -0.344 e. The van der Waals surface area contributed by atoms with E-state index in [2.05, 4.69) is 15.5 Å². The maximum Gasteiger partial charge on any atom is 0.272 e. The minimum absolute atomic E-state index is 0.152. The molecular weight excluding hydrogens is 278 g/mol. The number of aromatic nitrogens is 2. The highest BCUT2D eigenvalue weighted by Crippen LogP contribution is 2.15. The van der Waals surface area contributed by atoms with Gasteiger partial charge in [-0.3, -0.25) is 9.59 Å². The van der Waals surface area contributed by atoms with Gasteiger partial charge in [-0.25, -0.2) is 5.10 Å². The molecule has 0 fully saturated rings. The first-order valence-corrected chi connectivity index (χ1v) is 7.00. The molecular formula is C17H15N3O2. The van der Waals surface area contributed by atoms with Crippen LogP contribution in [0.4, 0.5) is 0 Å². The van der Waals surface area contributed by atoms with Crippen LogP contribution in [0.15, 0.2) is 59.4 Å². The first-order chi connectivity index (χ1) is 10.7. The number of aromatic amines is 1. The van der Waals surface area contributed by atoms with Crippen LogP contribution in [0.5, 0.6) is 0 Å². The lowest BCUT2D eigenvalue weighted by atomic mass is 10.1. The molecule has 0 aliphatic rings. The highest BCUT2D eigenvalue weighted by molar-refractivity contribution is 6.04. The van der Waals surface area contributed by atoms with Gasteiger partial charge >= 0.3 is 0 Å². The largest absolute Gasteiger partial charge is 0.344 e. The molecule has 0 saturated carbocycles. The third-order valence-electron chi connectivity index (χ3n) is 3.56. The van der Waals surface area contributed by atoms with Crippen molar-refractivity contribution in [3.05, 3.63) is 76.2 Å². The molecule has 5 nitrogen and oxygen atoms in total. The molecule has 0 radical (unpaired) electrons. The maximum atomic E-state index is 12.5. The molecule has 1 aromatic heterocycles. The van der Waals surface area contributed by atoms with Gasteiger partial charge in [0.25, 0.3) is 11.5 Å². The van der Waals surface area contributed by atoms with Gasteiger partial charge in [0.05, 0.1) is 11.4 Å². The minimum atomic E-state index is -0.316. The van der Waals surface area contributed by atoms with E-state index >= 15 is 0 Å². The normalized spacial score (nSPS) is 12.0. The number of nitrogens with one attached hydrogen (secondary N) is 2. The van der Waals surface area contributed by atoms with Crippen LogP contribution in [-0.2, 0) is 0 Å². The average Bonchev–Trinajstić information content (AvgIpc) is 2.56. The number of hydrogen-bond donors (Lipinski definition) is 2. The Morgan fingerprint density at radius 1 is 1.05 bits per heavy atom. The van der Waals surface area contributed by atoms with Gasteiger partial charge in [0.1, 0.15) is 0 Å². The number of carbonyl (C=O) groups excluding carboxylic acids is 1. The van der Waals surface area contributed by atoms with Gasteiger partial charge in [0.2, 0.25) is 0 Å². The molecule has 2 N–H and O–H groups in total. The summed E-state index contributed by atoms with van der Waals surface area (Å²) >= 11 is 0. The number of fused-ring (bicyclic) bond motifs is 1. The second-order valence-electron chi connectivity index (χ2n) is 5.05. The molecule has 22 heavy (non-hydrogen) atoms. The first kappa shape index (κ1) is 14.0. The van der Waals surface area contributed by atoms with E-state index in [1.165, 1.54) is 0 Å². The van der Waals surface area contributed by atoms with Crippen LogP contribution in [0.1, 0.15) is 29.0 Å². The Morgan fingerprint density at radius 2 is 1.68 bits per heavy atom. The van der Waals surface area contributed by atoms with Crippen molar-refractivity contribution in [1.29, 1.82) is 0 Å². The van der Waals surface area contributed by atoms with Gasteiger partial charge in [-0.2, -0.15) is 5.10 Å². The molecule has 0 aliphatic heterocycles. The summed E-state index contributed by atoms with van der Waals surface area (Å²) in [5.41, 5.74) is 0.922. The predicted octanol–water partition coefficient (Wildman–Crippen LogP) is 2.41. The van der Waals surface area contributed by atoms with Gasteiger partial charge < -0.3 is 5.32 Å². The van der Waals surface area contributed by atoms with Gasteiger partial charge in [-0.15, -0.1) is 0 Å². The van der Waals surface area contributed by atoms with Crippen molar-refractivity contribution in [3.63, 3.8) is 0 Å². The van der Waals surface area contributed by atoms with Crippen molar-refractivity contribution in [2.75, 3.05) is 0 Å². The molecule has 0 unspecified atom stereocenters. The summed E-state index contributed by atoms with van der Waals surface area (Å²) in [6, 6.07) is 16.4. The molecule has 1 atom stereocenters. The lowest BCUT2D eigenvalue weighted by molar-refractivity contribution is 0.0935. The molecule has 3 aromatic rings. The van der Waals surface area contributed by atoms with E-state index in [-0.39, 0.29) is 23.2 Å². The second-order valence-corrected chi connectivity index (χ2v) is 5.05. The molecule has 0 aliphatic carbocycles. The highest BCUT2D eigenvalue weighted by Gasteiger charge is 2.16. The smallest absolute Gasteiger partial charge is 0.272 e. The number of amides is 1. The summed E-state index contributed by atoms with van der Waals surface area (Å²) in [6.07, 6.45) is 0. The number of rotatable bonds is 3. The SMILES string of the molecule is C[C@H](NC(=O)c1n[nH]c(=O)c2ccccc12)c1ccccc1. The van der Waals surface area contributed by atoms with Gasteiger partial charge in [-0.05, 0) is 18.6 Å². The number of benzene rings is 2. The molecule has 3 rings (SSSR count). The van der Waals surface area contributed by atoms with Crippen molar-refractivity contribution in [1.82, 2.24) is 15.5 Å². The van der Waals surface area contributed by atoms with E-state index in [0.717, 1.165) is 5.56 Å². The highest BCUT2D eigenvalue weighted by atomic mass is 16.2. The summed E-state index contributed by atoms with van der Waals surface area (Å²) in [4.78, 5) is 24.2. The van der Waals surface area contributed by atoms with Crippen molar-refractivity contribution < 1.29 is 4.79 Å². The van der Waals surface area contributed by atoms with Crippen molar-refractivity contribution in [3.8, 4) is 0 Å². The maximum absolute atomic E-state index is 12.5. The van der Waals surface area contributed by atoms with Gasteiger partial charge in [-0.1, -0.05) is 48.5 Å². The fraction of sp³-hybridized carbons (Fsp3) is 0.118. The van der Waals surface area contributed by atoms with E-state index in [9.17, 15) is 9.59 Å². The van der Waals surface area contributed by atoms with Crippen LogP contribution in [0, 0.1) is 0 Å². The summed E-state index contributed by atoms with van der Waals surface area (Å²) in [5.74, 6) is -0.316. The Labute approximate surface area is 127 Å². The zero-order valence-corrected chi connectivity index (χ0v) is 12.0. The summed E-state index contributed by atoms with van der Waals surface area (Å²) in [6.45, 7) is 1.90. The predicted molar refractivity (Wildman–Crippen MR) is 84.7 cm³/mol. The molecule has 110 valence electrons. The van der Waals surface area contributed by atoms with Crippen LogP contribution < -0.4 is 10.9 Å². The van der Waals surface area contributed by atoms with Crippen molar-refractivity contribution in [2.45, 2.75) is 13.0 Å². The van der Waals surface area contributed by atoms with Crippen molar-refractivity contribution in [2.24, 2.45) is 0 Å². The Bertz CT molecular complexity index is 872. The zero-order chi connectivity index (χ0) is 15.5. The van der Waals surface area contributed by atoms with E-state index in [4.69, 9.17) is 0 Å². The Balaban J connectivity index is 1.93. The lowest BCUT2D eigenvalue weighted by Gasteiger charge is -2.14. The molecule has 0 saturated heterocycles. The third-order valence-corrected chi connectivity index (χ3v) is 3.56. The van der Waals surface area contributed by atoms with Crippen LogP contribution in [0.3, 0.4) is 0 Å². The van der Waals surface area contributed by atoms with Crippen molar-refractivity contribution >= 4 is 16.7 Å². The Kier molecular flexibility index (Phi) is 3.70. The summed E-state index contributed by atoms with van der Waals surface area (Å²) in [5, 5.41) is 10.2. The number of hydrogen-bond acceptors (Lipinski definition) is 3. The van der Waals surface area contributed by atoms with Gasteiger partial charge in [0.15, 0.2) is 5.69 Å². The molecule has 1 amide bonds. The van der Waals surface area contributed by atoms with Crippen LogP contribution in [0.2, 0.25) is 0 Å². The van der Waals surface area contributed by atoms with Crippen LogP contribution in [0.25, 0.3) is 10.8 Å². The Morgan fingerprint density at radius 3 is 2.41 bits per heavy atom. The Hall–Kier alpha value is -2.95. The van der Waals surface area contributed by atoms with E-state index in [1.807, 2.05) is 37.3 Å². The fourth-order valence-electron chi connectivity index (χ4n) is 2.38. The molecule has 0 bridgehead atoms. The monoisotopic (exact) mass is 293 g/mol. The van der Waals surface area contributed by atoms with Crippen LogP contribution >= 0.6 is 0 Å². The van der Waals surface area contributed by atoms with Gasteiger partial charge in [0, 0.05) is 5.39 Å². The fourth-order valence-corrected chi connectivity index (χ4v) is 2.38. The molecule has 2 aromatic carbocycles. The number of nitrogens with zero attached hydrogens (tertiary/aromatic N) is 1. The molecule has 0 spiro atoms. The average molecular weight is 293 g/mol. The molecule has 5 heteroatoms. The van der Waals surface area contributed by atoms with E-state index < -0.39 is 0 Å². The van der Waals surface area contributed by atoms with Crippen LogP contribution in [-0.4, -0.2) is 16.1 Å². The van der Waals surface area contributed by atoms with E-state index in [0.29, 0.717) is 10.8 Å². The third kappa shape index (κ3) is 2.61. The zero-order valence-electron chi connectivity index (χ0n) is 12.0. The standard InChI is InChI=1S/C17H15N3O2/c1-11(12-7-3-2-4-8-12)18-17(22)15-13-9-5-6-10-14(13)16(21)20-19-15/h2-11H,1H3,(H,18,22)(H,20,21)/t11-/m0/s1.